The molecule has 0 aromatic rings. The van der Waals surface area contributed by atoms with Crippen molar-refractivity contribution in [1.82, 2.24) is 0 Å². The molecular weight excluding hydrogens is 129 g/mol. The maximum Gasteiger partial charge on any atom is 0.0125 e. The molecule has 2 N–H and O–H groups in total. The van der Waals surface area contributed by atoms with Gasteiger partial charge in [-0.1, -0.05) is 0 Å². The molecule has 0 aliphatic carbocycles. The Morgan fingerprint density at radius 3 is 1.00 bits per heavy atom. The molecule has 0 bridgehead atoms. The van der Waals surface area contributed by atoms with E-state index >= 15 is 0 Å². The summed E-state index contributed by atoms with van der Waals surface area (Å²) in [7, 11) is -4.94. The van der Waals surface area contributed by atoms with Crippen molar-refractivity contribution in [3.05, 3.63) is 4.91 Å². The van der Waals surface area contributed by atoms with Gasteiger partial charge >= 0.3 is 0 Å². The number of nitrogens with two attached hydrogens (primary N) is 1. The van der Waals surface area contributed by atoms with Crippen molar-refractivity contribution in [1.29, 1.82) is 0 Å². The Hall–Kier alpha value is -0.270. The molecule has 0 unspecified atom stereocenters. The van der Waals surface area contributed by atoms with E-state index in [0.29, 0.717) is 0 Å². The third-order valence-corrected chi connectivity index (χ3v) is 0. The first-order valence-corrected chi connectivity index (χ1v) is 2.09. The number of rotatable bonds is 0. The lowest BCUT2D eigenvalue weighted by Crippen LogP contribution is -2.68. The fourth-order valence-corrected chi connectivity index (χ4v) is 0. The van der Waals surface area contributed by atoms with E-state index in [1.54, 1.807) is 0 Å². The summed E-state index contributed by atoms with van der Waals surface area (Å²) in [6, 6.07) is 0. The molecule has 7 heteroatoms. The molecule has 0 saturated heterocycles. The van der Waals surface area contributed by atoms with E-state index in [2.05, 4.69) is 5.59 Å². The lowest BCUT2D eigenvalue weighted by atomic mass is 13.8. The van der Waals surface area contributed by atoms with Crippen molar-refractivity contribution in [2.45, 2.75) is 0 Å². The zero-order chi connectivity index (χ0) is 6.50. The second-order valence-electron chi connectivity index (χ2n) is 0.378. The highest BCUT2D eigenvalue weighted by Gasteiger charge is 1.84. The Bertz CT molecular complexity index is 31.8. The highest BCUT2D eigenvalue weighted by Crippen LogP contribution is 1.49. The van der Waals surface area contributed by atoms with Crippen LogP contribution in [0, 0.1) is 15.2 Å². The Labute approximate surface area is 40.5 Å². The first kappa shape index (κ1) is 9.88. The second-order valence-corrected chi connectivity index (χ2v) is 1.13. The first-order valence-electron chi connectivity index (χ1n) is 0.853. The summed E-state index contributed by atoms with van der Waals surface area (Å²) in [4.78, 5) is 7.75. The van der Waals surface area contributed by atoms with E-state index in [1.807, 2.05) is 0 Å². The molecule has 0 aliphatic heterocycles. The zero-order valence-corrected chi connectivity index (χ0v) is 3.75. The summed E-state index contributed by atoms with van der Waals surface area (Å²) in [6.45, 7) is 0. The molecule has 0 spiro atoms. The highest BCUT2D eigenvalue weighted by molar-refractivity contribution is 3.51. The number of nitroso groups, excluding NO2 is 1. The molecular formula is H2ClNO5. The van der Waals surface area contributed by atoms with E-state index < -0.39 is 10.2 Å². The van der Waals surface area contributed by atoms with Crippen molar-refractivity contribution in [2.24, 2.45) is 0 Å². The number of hydrogen-bond acceptors (Lipinski definition) is 5. The van der Waals surface area contributed by atoms with E-state index in [4.69, 9.17) is 23.5 Å². The van der Waals surface area contributed by atoms with Crippen LogP contribution in [0.4, 0.5) is 0 Å². The van der Waals surface area contributed by atoms with Gasteiger partial charge in [-0.3, -0.25) is 0 Å². The largest absolute Gasteiger partial charge is 0.222 e. The van der Waals surface area contributed by atoms with Gasteiger partial charge in [0.2, 0.25) is 0 Å². The minimum Gasteiger partial charge on any atom is -0.222 e. The summed E-state index contributed by atoms with van der Waals surface area (Å²) in [6.07, 6.45) is 0. The smallest absolute Gasteiger partial charge is 0.0125 e. The molecule has 0 saturated carbocycles. The summed E-state index contributed by atoms with van der Waals surface area (Å²) < 4.78 is 34.0. The summed E-state index contributed by atoms with van der Waals surface area (Å²) in [5, 5.41) is 0. The third kappa shape index (κ3) is 1090. The van der Waals surface area contributed by atoms with Gasteiger partial charge in [0, 0.05) is 4.91 Å². The van der Waals surface area contributed by atoms with Gasteiger partial charge in [0.05, 0.1) is 0 Å². The van der Waals surface area contributed by atoms with Gasteiger partial charge in [0.25, 0.3) is 0 Å². The molecule has 44 valence electrons. The fourth-order valence-electron chi connectivity index (χ4n) is 0. The van der Waals surface area contributed by atoms with Crippen molar-refractivity contribution < 1.29 is 34.5 Å². The fraction of sp³-hybridized carbons (Fsp3) is 0. The van der Waals surface area contributed by atoms with Crippen LogP contribution in [0.25, 0.3) is 0 Å². The van der Waals surface area contributed by atoms with Crippen LogP contribution in [0.5, 0.6) is 0 Å². The average molecular weight is 131 g/mol. The van der Waals surface area contributed by atoms with Crippen LogP contribution in [0.2, 0.25) is 0 Å². The molecule has 6 nitrogen and oxygen atoms in total. The Morgan fingerprint density at radius 2 is 1.00 bits per heavy atom. The van der Waals surface area contributed by atoms with Crippen LogP contribution >= 0.6 is 0 Å². The van der Waals surface area contributed by atoms with Gasteiger partial charge in [0.1, 0.15) is 0 Å². The lowest BCUT2D eigenvalue weighted by molar-refractivity contribution is -2.00. The second kappa shape index (κ2) is 3.90. The van der Waals surface area contributed by atoms with Gasteiger partial charge in [-0.25, -0.2) is 18.6 Å². The van der Waals surface area contributed by atoms with Crippen molar-refractivity contribution in [3.8, 4) is 0 Å². The van der Waals surface area contributed by atoms with Gasteiger partial charge < -0.3 is 0 Å². The van der Waals surface area contributed by atoms with Crippen LogP contribution in [0.3, 0.4) is 0 Å². The molecule has 0 heterocycles. The molecule has 0 amide bonds. The van der Waals surface area contributed by atoms with E-state index in [1.165, 1.54) is 0 Å². The predicted octanol–water partition coefficient (Wildman–Crippen LogP) is -6.24. The number of halogens is 1. The van der Waals surface area contributed by atoms with Crippen molar-refractivity contribution in [3.63, 3.8) is 0 Å². The highest BCUT2D eigenvalue weighted by atomic mass is 35.7. The molecule has 0 rings (SSSR count). The van der Waals surface area contributed by atoms with Gasteiger partial charge in [-0.2, -0.15) is 0 Å². The Kier molecular flexibility index (Phi) is 5.51. The first-order chi connectivity index (χ1) is 3.00. The summed E-state index contributed by atoms with van der Waals surface area (Å²) in [5.41, 5.74) is 3.25. The van der Waals surface area contributed by atoms with Crippen LogP contribution in [-0.2, 0) is 0 Å². The molecule has 0 atom stereocenters. The van der Waals surface area contributed by atoms with Crippen molar-refractivity contribution >= 4 is 0 Å². The summed E-state index contributed by atoms with van der Waals surface area (Å²) >= 11 is 0. The van der Waals surface area contributed by atoms with Crippen LogP contribution in [0.15, 0.2) is 0 Å². The number of hydrogen-bond donors (Lipinski definition) is 1. The predicted molar refractivity (Wildman–Crippen MR) is 5.29 cm³/mol. The van der Waals surface area contributed by atoms with E-state index in [9.17, 15) is 0 Å². The van der Waals surface area contributed by atoms with E-state index in [0.717, 1.165) is 0 Å². The quantitative estimate of drug-likeness (QED) is 0.349. The average Bonchev–Trinajstić information content (AvgIpc) is 1.36. The van der Waals surface area contributed by atoms with E-state index in [-0.39, 0.29) is 0 Å². The maximum atomic E-state index is 8.49. The topological polar surface area (TPSA) is 135 Å². The maximum absolute atomic E-state index is 8.49. The van der Waals surface area contributed by atoms with Gasteiger partial charge in [-0.15, -0.1) is 10.2 Å². The summed E-state index contributed by atoms with van der Waals surface area (Å²) in [5.74, 6) is 0. The molecule has 7 heavy (non-hydrogen) atoms. The van der Waals surface area contributed by atoms with Crippen molar-refractivity contribution in [2.75, 3.05) is 0 Å². The minimum atomic E-state index is -4.94. The molecule has 0 fully saturated rings. The minimum absolute atomic E-state index is 3.25. The molecule has 0 aromatic carbocycles. The zero-order valence-electron chi connectivity index (χ0n) is 3.00. The monoisotopic (exact) mass is 131 g/mol. The third-order valence-electron chi connectivity index (χ3n) is 0. The standard InChI is InChI=1S/ClHO4.H2NO/c2-1(3,4)5;1-2/h(H,2,3,4,5);1H2/q;+1/p-1. The SMILES string of the molecule is [NH2+]=O.[O-][Cl+3]([O-])([O-])[O-]. The molecule has 0 aromatic heterocycles. The van der Waals surface area contributed by atoms with Gasteiger partial charge in [-0.05, 0) is 5.59 Å². The Balaban J connectivity index is 0. The lowest BCUT2D eigenvalue weighted by Gasteiger charge is -2.17. The molecule has 0 aliphatic rings. The molecule has 0 radical (unpaired) electrons. The Morgan fingerprint density at radius 1 is 1.00 bits per heavy atom. The van der Waals surface area contributed by atoms with Gasteiger partial charge in [0.15, 0.2) is 0 Å². The normalized spacial score (nSPS) is 9.14. The van der Waals surface area contributed by atoms with Crippen LogP contribution < -0.4 is 24.2 Å². The van der Waals surface area contributed by atoms with Crippen LogP contribution in [0.1, 0.15) is 0 Å². The van der Waals surface area contributed by atoms with Crippen LogP contribution in [-0.4, -0.2) is 0 Å².